The molecule has 1 aliphatic carbocycles. The van der Waals surface area contributed by atoms with Gasteiger partial charge in [-0.2, -0.15) is 13.2 Å². The minimum atomic E-state index is -4.17. The molecule has 1 N–H and O–H groups in total. The molecule has 34 heavy (non-hydrogen) atoms. The lowest BCUT2D eigenvalue weighted by Gasteiger charge is -2.30. The van der Waals surface area contributed by atoms with E-state index in [0.717, 1.165) is 29.3 Å². The number of hydrogen-bond donors (Lipinski definition) is 1. The maximum Gasteiger partial charge on any atom is 0.391 e. The third-order valence-corrected chi connectivity index (χ3v) is 7.30. The molecule has 1 saturated carbocycles. The summed E-state index contributed by atoms with van der Waals surface area (Å²) in [7, 11) is 0. The number of hydrogen-bond acceptors (Lipinski definition) is 3. The van der Waals surface area contributed by atoms with E-state index in [1.165, 1.54) is 0 Å². The third-order valence-electron chi connectivity index (χ3n) is 7.30. The number of ether oxygens (including phenoxy) is 1. The van der Waals surface area contributed by atoms with Gasteiger partial charge in [0.2, 0.25) is 0 Å². The van der Waals surface area contributed by atoms with Gasteiger partial charge in [0.25, 0.3) is 0 Å². The highest BCUT2D eigenvalue weighted by Crippen LogP contribution is 2.39. The third kappa shape index (κ3) is 5.82. The average molecular weight is 482 g/mol. The molecule has 4 nitrogen and oxygen atoms in total. The van der Waals surface area contributed by atoms with Crippen LogP contribution in [0.25, 0.3) is 10.8 Å². The SMILES string of the molecule is O=C(O)C1CCCN(Cc2ccc3ccc(OC4CCC(C(F)(F)F)CC4)c(CF)c3c2)CC1. The summed E-state index contributed by atoms with van der Waals surface area (Å²) < 4.78 is 59.0. The second-order valence-electron chi connectivity index (χ2n) is 9.61. The maximum absolute atomic E-state index is 14.2. The topological polar surface area (TPSA) is 49.8 Å². The van der Waals surface area contributed by atoms with Gasteiger partial charge in [0, 0.05) is 12.1 Å². The summed E-state index contributed by atoms with van der Waals surface area (Å²) in [5, 5.41) is 10.9. The van der Waals surface area contributed by atoms with Crippen LogP contribution in [0, 0.1) is 11.8 Å². The molecular weight excluding hydrogens is 450 g/mol. The number of benzene rings is 2. The van der Waals surface area contributed by atoms with Crippen LogP contribution in [-0.4, -0.2) is 41.3 Å². The van der Waals surface area contributed by atoms with Crippen molar-refractivity contribution in [3.05, 3.63) is 41.5 Å². The van der Waals surface area contributed by atoms with E-state index in [0.29, 0.717) is 50.1 Å². The molecule has 0 spiro atoms. The quantitative estimate of drug-likeness (QED) is 0.479. The predicted molar refractivity (Wildman–Crippen MR) is 121 cm³/mol. The average Bonchev–Trinajstić information content (AvgIpc) is 3.04. The van der Waals surface area contributed by atoms with Crippen molar-refractivity contribution in [3.63, 3.8) is 0 Å². The normalized spacial score (nSPS) is 24.6. The first-order valence-electron chi connectivity index (χ1n) is 12.0. The standard InChI is InChI=1S/C26H31F4NO3/c27-15-23-22-14-17(16-31-12-1-2-19(11-13-31)25(32)33)3-4-18(22)5-10-24(23)34-21-8-6-20(7-9-21)26(28,29)30/h3-5,10,14,19-21H,1-2,6-9,11-13,15-16H2,(H,32,33). The molecule has 0 radical (unpaired) electrons. The fourth-order valence-corrected chi connectivity index (χ4v) is 5.26. The minimum Gasteiger partial charge on any atom is -0.490 e. The number of halogens is 4. The number of carboxylic acids is 1. The summed E-state index contributed by atoms with van der Waals surface area (Å²) in [4.78, 5) is 13.5. The molecule has 8 heteroatoms. The lowest BCUT2D eigenvalue weighted by Crippen LogP contribution is -2.32. The molecular formula is C26H31F4NO3. The molecule has 1 saturated heterocycles. The first-order chi connectivity index (χ1) is 16.2. The van der Waals surface area contributed by atoms with Crippen LogP contribution in [0.3, 0.4) is 0 Å². The predicted octanol–water partition coefficient (Wildman–Crippen LogP) is 6.50. The van der Waals surface area contributed by atoms with Gasteiger partial charge in [0.1, 0.15) is 12.4 Å². The van der Waals surface area contributed by atoms with E-state index >= 15 is 0 Å². The van der Waals surface area contributed by atoms with Gasteiger partial charge < -0.3 is 9.84 Å². The summed E-state index contributed by atoms with van der Waals surface area (Å²) in [5.74, 6) is -1.91. The van der Waals surface area contributed by atoms with Crippen LogP contribution >= 0.6 is 0 Å². The Morgan fingerprint density at radius 2 is 1.76 bits per heavy atom. The minimum absolute atomic E-state index is 0.0371. The van der Waals surface area contributed by atoms with Crippen LogP contribution in [0.15, 0.2) is 30.3 Å². The molecule has 2 fully saturated rings. The summed E-state index contributed by atoms with van der Waals surface area (Å²) in [5.41, 5.74) is 1.44. The Bertz CT molecular complexity index is 1000. The number of alkyl halides is 4. The van der Waals surface area contributed by atoms with Crippen molar-refractivity contribution in [1.29, 1.82) is 0 Å². The second-order valence-corrected chi connectivity index (χ2v) is 9.61. The maximum atomic E-state index is 14.2. The molecule has 0 aromatic heterocycles. The van der Waals surface area contributed by atoms with Crippen LogP contribution in [0.5, 0.6) is 5.75 Å². The molecule has 2 aromatic rings. The van der Waals surface area contributed by atoms with Gasteiger partial charge in [-0.3, -0.25) is 9.69 Å². The zero-order valence-corrected chi connectivity index (χ0v) is 19.1. The first kappa shape index (κ1) is 24.8. The fourth-order valence-electron chi connectivity index (χ4n) is 5.26. The first-order valence-corrected chi connectivity index (χ1v) is 12.0. The Kier molecular flexibility index (Phi) is 7.65. The lowest BCUT2D eigenvalue weighted by atomic mass is 9.87. The van der Waals surface area contributed by atoms with E-state index in [-0.39, 0.29) is 24.9 Å². The highest BCUT2D eigenvalue weighted by atomic mass is 19.4. The van der Waals surface area contributed by atoms with Gasteiger partial charge in [0.15, 0.2) is 0 Å². The molecule has 2 aliphatic rings. The Balaban J connectivity index is 1.47. The number of nitrogens with zero attached hydrogens (tertiary/aromatic N) is 1. The van der Waals surface area contributed by atoms with Crippen LogP contribution in [-0.2, 0) is 18.0 Å². The Morgan fingerprint density at radius 1 is 1.03 bits per heavy atom. The molecule has 0 bridgehead atoms. The van der Waals surface area contributed by atoms with Crippen LogP contribution in [0.1, 0.15) is 56.1 Å². The number of rotatable bonds is 6. The zero-order chi connectivity index (χ0) is 24.3. The molecule has 1 aliphatic heterocycles. The van der Waals surface area contributed by atoms with Gasteiger partial charge in [0.05, 0.1) is 17.9 Å². The van der Waals surface area contributed by atoms with Gasteiger partial charge in [-0.05, 0) is 86.5 Å². The van der Waals surface area contributed by atoms with Crippen molar-refractivity contribution < 1.29 is 32.2 Å². The Labute approximate surface area is 196 Å². The Morgan fingerprint density at radius 3 is 2.44 bits per heavy atom. The van der Waals surface area contributed by atoms with E-state index in [9.17, 15) is 27.5 Å². The van der Waals surface area contributed by atoms with Gasteiger partial charge >= 0.3 is 12.1 Å². The number of aliphatic carboxylic acids is 1. The molecule has 2 aromatic carbocycles. The van der Waals surface area contributed by atoms with Crippen LogP contribution < -0.4 is 4.74 Å². The number of fused-ring (bicyclic) bond motifs is 1. The largest absolute Gasteiger partial charge is 0.490 e. The number of carboxylic acid groups (broad SMARTS) is 1. The second kappa shape index (κ2) is 10.5. The van der Waals surface area contributed by atoms with Crippen LogP contribution in [0.2, 0.25) is 0 Å². The van der Waals surface area contributed by atoms with Gasteiger partial charge in [-0.25, -0.2) is 4.39 Å². The molecule has 4 rings (SSSR count). The molecule has 1 atom stereocenters. The monoisotopic (exact) mass is 481 g/mol. The van der Waals surface area contributed by atoms with E-state index in [1.54, 1.807) is 6.07 Å². The van der Waals surface area contributed by atoms with E-state index in [1.807, 2.05) is 24.3 Å². The summed E-state index contributed by atoms with van der Waals surface area (Å²) in [6, 6.07) is 9.48. The van der Waals surface area contributed by atoms with E-state index in [4.69, 9.17) is 4.74 Å². The smallest absolute Gasteiger partial charge is 0.391 e. The van der Waals surface area contributed by atoms with Gasteiger partial charge in [-0.1, -0.05) is 18.2 Å². The van der Waals surface area contributed by atoms with Gasteiger partial charge in [-0.15, -0.1) is 0 Å². The van der Waals surface area contributed by atoms with Crippen molar-refractivity contribution in [2.75, 3.05) is 13.1 Å². The van der Waals surface area contributed by atoms with Crippen molar-refractivity contribution in [2.24, 2.45) is 11.8 Å². The highest BCUT2D eigenvalue weighted by Gasteiger charge is 2.41. The summed E-state index contributed by atoms with van der Waals surface area (Å²) >= 11 is 0. The summed E-state index contributed by atoms with van der Waals surface area (Å²) in [6.45, 7) is 1.45. The molecule has 1 unspecified atom stereocenters. The van der Waals surface area contributed by atoms with Crippen molar-refractivity contribution >= 4 is 16.7 Å². The molecule has 0 amide bonds. The zero-order valence-electron chi connectivity index (χ0n) is 19.1. The van der Waals surface area contributed by atoms with Crippen LogP contribution in [0.4, 0.5) is 17.6 Å². The van der Waals surface area contributed by atoms with Crippen molar-refractivity contribution in [2.45, 2.75) is 70.4 Å². The van der Waals surface area contributed by atoms with Crippen molar-refractivity contribution in [1.82, 2.24) is 4.90 Å². The lowest BCUT2D eigenvalue weighted by molar-refractivity contribution is -0.185. The fraction of sp³-hybridized carbons (Fsp3) is 0.577. The van der Waals surface area contributed by atoms with Crippen molar-refractivity contribution in [3.8, 4) is 5.75 Å². The van der Waals surface area contributed by atoms with E-state index < -0.39 is 24.7 Å². The molecule has 1 heterocycles. The summed E-state index contributed by atoms with van der Waals surface area (Å²) in [6.07, 6.45) is -1.70. The van der Waals surface area contributed by atoms with E-state index in [2.05, 4.69) is 4.90 Å². The number of likely N-dealkylation sites (tertiary alicyclic amines) is 1. The Hall–Kier alpha value is -2.35. The highest BCUT2D eigenvalue weighted by molar-refractivity contribution is 5.88. The molecule has 186 valence electrons. The number of carbonyl (C=O) groups is 1.